The van der Waals surface area contributed by atoms with Gasteiger partial charge in [-0.25, -0.2) is 0 Å². The van der Waals surface area contributed by atoms with Crippen molar-refractivity contribution in [2.24, 2.45) is 0 Å². The summed E-state index contributed by atoms with van der Waals surface area (Å²) in [6.45, 7) is 2.12. The van der Waals surface area contributed by atoms with Gasteiger partial charge in [-0.2, -0.15) is 0 Å². The fourth-order valence-electron chi connectivity index (χ4n) is 2.84. The SMILES string of the molecule is CCc1ccc(C(=O)N[C@@H]2CCc3ccccc32)cc1. The van der Waals surface area contributed by atoms with Crippen LogP contribution in [0, 0.1) is 0 Å². The topological polar surface area (TPSA) is 29.1 Å². The Labute approximate surface area is 119 Å². The largest absolute Gasteiger partial charge is 0.345 e. The number of benzene rings is 2. The van der Waals surface area contributed by atoms with Gasteiger partial charge in [-0.1, -0.05) is 43.3 Å². The molecule has 0 saturated heterocycles. The van der Waals surface area contributed by atoms with E-state index in [-0.39, 0.29) is 11.9 Å². The molecule has 0 radical (unpaired) electrons. The summed E-state index contributed by atoms with van der Waals surface area (Å²) < 4.78 is 0. The number of aryl methyl sites for hydroxylation is 2. The predicted molar refractivity (Wildman–Crippen MR) is 80.8 cm³/mol. The molecule has 2 nitrogen and oxygen atoms in total. The predicted octanol–water partition coefficient (Wildman–Crippen LogP) is 3.67. The molecule has 102 valence electrons. The van der Waals surface area contributed by atoms with Gasteiger partial charge in [0.15, 0.2) is 0 Å². The highest BCUT2D eigenvalue weighted by molar-refractivity contribution is 5.94. The zero-order chi connectivity index (χ0) is 13.9. The van der Waals surface area contributed by atoms with Crippen molar-refractivity contribution in [1.29, 1.82) is 0 Å². The van der Waals surface area contributed by atoms with Gasteiger partial charge >= 0.3 is 0 Å². The summed E-state index contributed by atoms with van der Waals surface area (Å²) in [6, 6.07) is 16.4. The van der Waals surface area contributed by atoms with Gasteiger partial charge in [-0.15, -0.1) is 0 Å². The number of nitrogens with one attached hydrogen (secondary N) is 1. The Morgan fingerprint density at radius 2 is 1.90 bits per heavy atom. The summed E-state index contributed by atoms with van der Waals surface area (Å²) in [4.78, 5) is 12.3. The molecule has 0 unspecified atom stereocenters. The van der Waals surface area contributed by atoms with Crippen LogP contribution < -0.4 is 5.32 Å². The summed E-state index contributed by atoms with van der Waals surface area (Å²) in [5.41, 5.74) is 4.63. The lowest BCUT2D eigenvalue weighted by Crippen LogP contribution is -2.27. The zero-order valence-electron chi connectivity index (χ0n) is 11.7. The molecule has 1 amide bonds. The second-order valence-corrected chi connectivity index (χ2v) is 5.31. The Morgan fingerprint density at radius 3 is 2.65 bits per heavy atom. The summed E-state index contributed by atoms with van der Waals surface area (Å²) in [6.07, 6.45) is 3.05. The van der Waals surface area contributed by atoms with E-state index in [1.807, 2.05) is 30.3 Å². The van der Waals surface area contributed by atoms with E-state index in [1.54, 1.807) is 0 Å². The monoisotopic (exact) mass is 265 g/mol. The van der Waals surface area contributed by atoms with Crippen LogP contribution in [0.2, 0.25) is 0 Å². The van der Waals surface area contributed by atoms with Gasteiger partial charge in [0.2, 0.25) is 0 Å². The van der Waals surface area contributed by atoms with E-state index >= 15 is 0 Å². The van der Waals surface area contributed by atoms with Gasteiger partial charge in [0.1, 0.15) is 0 Å². The third kappa shape index (κ3) is 2.46. The molecule has 0 spiro atoms. The summed E-state index contributed by atoms with van der Waals surface area (Å²) in [7, 11) is 0. The molecule has 0 heterocycles. The minimum atomic E-state index is 0.0226. The van der Waals surface area contributed by atoms with E-state index in [1.165, 1.54) is 16.7 Å². The average Bonchev–Trinajstić information content (AvgIpc) is 2.91. The molecule has 1 atom stereocenters. The first-order valence-electron chi connectivity index (χ1n) is 7.25. The molecule has 2 aromatic rings. The molecule has 1 aliphatic rings. The third-order valence-electron chi connectivity index (χ3n) is 4.06. The quantitative estimate of drug-likeness (QED) is 0.901. The van der Waals surface area contributed by atoms with E-state index in [9.17, 15) is 4.79 Å². The molecular formula is C18H19NO. The van der Waals surface area contributed by atoms with Crippen LogP contribution in [0.15, 0.2) is 48.5 Å². The van der Waals surface area contributed by atoms with Crippen molar-refractivity contribution in [3.05, 3.63) is 70.8 Å². The smallest absolute Gasteiger partial charge is 0.251 e. The van der Waals surface area contributed by atoms with Gasteiger partial charge in [0.25, 0.3) is 5.91 Å². The Morgan fingerprint density at radius 1 is 1.15 bits per heavy atom. The van der Waals surface area contributed by atoms with Crippen molar-refractivity contribution < 1.29 is 4.79 Å². The van der Waals surface area contributed by atoms with Crippen LogP contribution in [0.1, 0.15) is 46.4 Å². The number of fused-ring (bicyclic) bond motifs is 1. The molecule has 1 N–H and O–H groups in total. The highest BCUT2D eigenvalue weighted by Gasteiger charge is 2.23. The fourth-order valence-corrected chi connectivity index (χ4v) is 2.84. The number of carbonyl (C=O) groups excluding carboxylic acids is 1. The molecule has 1 aliphatic carbocycles. The first kappa shape index (κ1) is 12.9. The van der Waals surface area contributed by atoms with E-state index in [0.717, 1.165) is 24.8 Å². The van der Waals surface area contributed by atoms with Gasteiger partial charge in [0, 0.05) is 5.56 Å². The lowest BCUT2D eigenvalue weighted by Gasteiger charge is -2.14. The summed E-state index contributed by atoms with van der Waals surface area (Å²) in [5, 5.41) is 3.15. The highest BCUT2D eigenvalue weighted by atomic mass is 16.1. The van der Waals surface area contributed by atoms with Crippen LogP contribution in [0.5, 0.6) is 0 Å². The lowest BCUT2D eigenvalue weighted by molar-refractivity contribution is 0.0936. The number of amides is 1. The van der Waals surface area contributed by atoms with Crippen LogP contribution >= 0.6 is 0 Å². The first-order valence-corrected chi connectivity index (χ1v) is 7.25. The van der Waals surface area contributed by atoms with Crippen LogP contribution in [0.25, 0.3) is 0 Å². The summed E-state index contributed by atoms with van der Waals surface area (Å²) >= 11 is 0. The molecule has 20 heavy (non-hydrogen) atoms. The van der Waals surface area contributed by atoms with Crippen molar-refractivity contribution in [2.45, 2.75) is 32.2 Å². The number of hydrogen-bond acceptors (Lipinski definition) is 1. The van der Waals surface area contributed by atoms with E-state index in [2.05, 4.69) is 30.4 Å². The number of carbonyl (C=O) groups is 1. The Bertz CT molecular complexity index is 616. The lowest BCUT2D eigenvalue weighted by atomic mass is 10.1. The van der Waals surface area contributed by atoms with Crippen molar-refractivity contribution in [3.63, 3.8) is 0 Å². The Hall–Kier alpha value is -2.09. The van der Waals surface area contributed by atoms with Gasteiger partial charge in [0.05, 0.1) is 6.04 Å². The third-order valence-corrected chi connectivity index (χ3v) is 4.06. The van der Waals surface area contributed by atoms with Crippen LogP contribution in [-0.4, -0.2) is 5.91 Å². The number of hydrogen-bond donors (Lipinski definition) is 1. The second-order valence-electron chi connectivity index (χ2n) is 5.31. The van der Waals surface area contributed by atoms with Crippen LogP contribution in [0.4, 0.5) is 0 Å². The van der Waals surface area contributed by atoms with Gasteiger partial charge < -0.3 is 5.32 Å². The van der Waals surface area contributed by atoms with Crippen molar-refractivity contribution in [1.82, 2.24) is 5.32 Å². The van der Waals surface area contributed by atoms with Crippen molar-refractivity contribution >= 4 is 5.91 Å². The first-order chi connectivity index (χ1) is 9.78. The highest BCUT2D eigenvalue weighted by Crippen LogP contribution is 2.30. The maximum atomic E-state index is 12.3. The zero-order valence-corrected chi connectivity index (χ0v) is 11.7. The van der Waals surface area contributed by atoms with Crippen molar-refractivity contribution in [3.8, 4) is 0 Å². The minimum absolute atomic E-state index is 0.0226. The molecule has 0 saturated carbocycles. The standard InChI is InChI=1S/C18H19NO/c1-2-13-7-9-15(10-8-13)18(20)19-17-12-11-14-5-3-4-6-16(14)17/h3-10,17H,2,11-12H2,1H3,(H,19,20)/t17-/m1/s1. The minimum Gasteiger partial charge on any atom is -0.345 e. The van der Waals surface area contributed by atoms with Crippen LogP contribution in [-0.2, 0) is 12.8 Å². The maximum Gasteiger partial charge on any atom is 0.251 e. The van der Waals surface area contributed by atoms with Gasteiger partial charge in [-0.05, 0) is 48.1 Å². The molecule has 0 fully saturated rings. The van der Waals surface area contributed by atoms with Crippen molar-refractivity contribution in [2.75, 3.05) is 0 Å². The van der Waals surface area contributed by atoms with Gasteiger partial charge in [-0.3, -0.25) is 4.79 Å². The molecule has 3 rings (SSSR count). The molecule has 0 aromatic heterocycles. The number of rotatable bonds is 3. The summed E-state index contributed by atoms with van der Waals surface area (Å²) in [5.74, 6) is 0.0226. The second kappa shape index (κ2) is 5.49. The van der Waals surface area contributed by atoms with Crippen LogP contribution in [0.3, 0.4) is 0 Å². The molecule has 2 aromatic carbocycles. The molecule has 2 heteroatoms. The maximum absolute atomic E-state index is 12.3. The van der Waals surface area contributed by atoms with E-state index < -0.39 is 0 Å². The Kier molecular flexibility index (Phi) is 3.55. The molecular weight excluding hydrogens is 246 g/mol. The van der Waals surface area contributed by atoms with E-state index in [0.29, 0.717) is 0 Å². The molecule has 0 bridgehead atoms. The Balaban J connectivity index is 1.73. The molecule has 0 aliphatic heterocycles. The normalized spacial score (nSPS) is 16.8. The van der Waals surface area contributed by atoms with E-state index in [4.69, 9.17) is 0 Å². The fraction of sp³-hybridized carbons (Fsp3) is 0.278. The average molecular weight is 265 g/mol.